The molecule has 25 heavy (non-hydrogen) atoms. The summed E-state index contributed by atoms with van der Waals surface area (Å²) in [5, 5.41) is 2.41. The van der Waals surface area contributed by atoms with Gasteiger partial charge in [-0.15, -0.1) is 0 Å². The molecule has 0 fully saturated rings. The third-order valence-electron chi connectivity index (χ3n) is 4.73. The summed E-state index contributed by atoms with van der Waals surface area (Å²) in [6.45, 7) is 0.876. The van der Waals surface area contributed by atoms with Crippen molar-refractivity contribution in [2.45, 2.75) is 0 Å². The maximum Gasteiger partial charge on any atom is 0.145 e. The van der Waals surface area contributed by atoms with E-state index in [0.717, 1.165) is 18.0 Å². The molecule has 2 aromatic heterocycles. The van der Waals surface area contributed by atoms with Crippen LogP contribution in [0.5, 0.6) is 0 Å². The van der Waals surface area contributed by atoms with Gasteiger partial charge in [-0.1, -0.05) is 18.2 Å². The fraction of sp³-hybridized carbons (Fsp3) is 0.0952. The molecule has 0 bridgehead atoms. The molecule has 2 aromatic carbocycles. The molecule has 0 spiro atoms. The third kappa shape index (κ3) is 2.18. The molecule has 0 atom stereocenters. The van der Waals surface area contributed by atoms with Crippen molar-refractivity contribution in [3.8, 4) is 5.69 Å². The first kappa shape index (κ1) is 14.1. The lowest BCUT2D eigenvalue weighted by Crippen LogP contribution is -2.21. The van der Waals surface area contributed by atoms with Gasteiger partial charge in [-0.05, 0) is 42.5 Å². The van der Waals surface area contributed by atoms with Crippen LogP contribution in [0.3, 0.4) is 0 Å². The topological polar surface area (TPSA) is 24.3 Å². The number of benzene rings is 2. The molecule has 0 aliphatic carbocycles. The van der Waals surface area contributed by atoms with E-state index >= 15 is 0 Å². The Balaban J connectivity index is 1.78. The van der Waals surface area contributed by atoms with Gasteiger partial charge in [0.15, 0.2) is 0 Å². The van der Waals surface area contributed by atoms with Crippen LogP contribution in [0.4, 0.5) is 5.69 Å². The van der Waals surface area contributed by atoms with E-state index < -0.39 is 0 Å². The molecule has 0 radical (unpaired) electrons. The van der Waals surface area contributed by atoms with Crippen LogP contribution in [-0.2, 0) is 0 Å². The number of pyridine rings is 1. The maximum absolute atomic E-state index is 4.66. The van der Waals surface area contributed by atoms with E-state index in [2.05, 4.69) is 87.3 Å². The van der Waals surface area contributed by atoms with E-state index in [1.54, 1.807) is 0 Å². The first-order valence-corrected chi connectivity index (χ1v) is 8.41. The summed E-state index contributed by atoms with van der Waals surface area (Å²) >= 11 is 0. The molecule has 4 nitrogen and oxygen atoms in total. The molecule has 1 aliphatic rings. The van der Waals surface area contributed by atoms with Crippen LogP contribution in [0, 0.1) is 0 Å². The molecular weight excluding hydrogens is 308 g/mol. The second-order valence-corrected chi connectivity index (χ2v) is 6.41. The normalized spacial score (nSPS) is 14.1. The smallest absolute Gasteiger partial charge is 0.145 e. The second kappa shape index (κ2) is 5.38. The highest BCUT2D eigenvalue weighted by molar-refractivity contribution is 6.09. The molecule has 0 saturated heterocycles. The van der Waals surface area contributed by atoms with Gasteiger partial charge in [0.1, 0.15) is 5.65 Å². The summed E-state index contributed by atoms with van der Waals surface area (Å²) in [6.07, 6.45) is 6.08. The molecule has 0 amide bonds. The quantitative estimate of drug-likeness (QED) is 0.547. The summed E-state index contributed by atoms with van der Waals surface area (Å²) in [6, 6.07) is 21.2. The van der Waals surface area contributed by atoms with Crippen LogP contribution in [0.15, 0.2) is 79.3 Å². The van der Waals surface area contributed by atoms with Crippen molar-refractivity contribution in [3.63, 3.8) is 0 Å². The SMILES string of the molecule is CN1C=CN(c2ccc3c(c2)c2cccnc2n3-c2ccccc2)C1. The zero-order chi connectivity index (χ0) is 16.8. The van der Waals surface area contributed by atoms with Crippen LogP contribution in [0.2, 0.25) is 0 Å². The van der Waals surface area contributed by atoms with Gasteiger partial charge in [-0.25, -0.2) is 4.98 Å². The highest BCUT2D eigenvalue weighted by atomic mass is 15.3. The summed E-state index contributed by atoms with van der Waals surface area (Å²) in [5.74, 6) is 0. The monoisotopic (exact) mass is 326 g/mol. The van der Waals surface area contributed by atoms with Crippen molar-refractivity contribution in [2.75, 3.05) is 18.6 Å². The maximum atomic E-state index is 4.66. The van der Waals surface area contributed by atoms with Gasteiger partial charge < -0.3 is 9.80 Å². The molecular formula is C21H18N4. The van der Waals surface area contributed by atoms with Crippen molar-refractivity contribution in [1.29, 1.82) is 0 Å². The summed E-state index contributed by atoms with van der Waals surface area (Å²) in [7, 11) is 2.08. The third-order valence-corrected chi connectivity index (χ3v) is 4.73. The van der Waals surface area contributed by atoms with Crippen LogP contribution in [0.1, 0.15) is 0 Å². The molecule has 4 heteroatoms. The van der Waals surface area contributed by atoms with Gasteiger partial charge in [0, 0.05) is 47.8 Å². The number of aromatic nitrogens is 2. The van der Waals surface area contributed by atoms with Gasteiger partial charge >= 0.3 is 0 Å². The van der Waals surface area contributed by atoms with Gasteiger partial charge in [0.05, 0.1) is 12.2 Å². The molecule has 0 N–H and O–H groups in total. The summed E-state index contributed by atoms with van der Waals surface area (Å²) in [4.78, 5) is 9.08. The molecule has 1 aliphatic heterocycles. The Morgan fingerprint density at radius 2 is 1.72 bits per heavy atom. The Morgan fingerprint density at radius 3 is 2.52 bits per heavy atom. The minimum absolute atomic E-state index is 0.876. The van der Waals surface area contributed by atoms with Gasteiger partial charge in [0.25, 0.3) is 0 Å². The number of anilines is 1. The average molecular weight is 326 g/mol. The van der Waals surface area contributed by atoms with Crippen molar-refractivity contribution in [3.05, 3.63) is 79.3 Å². The van der Waals surface area contributed by atoms with E-state index in [1.165, 1.54) is 22.0 Å². The number of fused-ring (bicyclic) bond motifs is 3. The van der Waals surface area contributed by atoms with Crippen LogP contribution in [-0.4, -0.2) is 28.2 Å². The van der Waals surface area contributed by atoms with E-state index in [0.29, 0.717) is 0 Å². The largest absolute Gasteiger partial charge is 0.361 e. The van der Waals surface area contributed by atoms with Gasteiger partial charge in [0.2, 0.25) is 0 Å². The average Bonchev–Trinajstić information content (AvgIpc) is 3.23. The molecule has 4 aromatic rings. The van der Waals surface area contributed by atoms with E-state index in [-0.39, 0.29) is 0 Å². The van der Waals surface area contributed by atoms with E-state index in [1.807, 2.05) is 18.3 Å². The highest BCUT2D eigenvalue weighted by Crippen LogP contribution is 2.33. The van der Waals surface area contributed by atoms with Crippen molar-refractivity contribution in [2.24, 2.45) is 0 Å². The van der Waals surface area contributed by atoms with Gasteiger partial charge in [-0.3, -0.25) is 4.57 Å². The van der Waals surface area contributed by atoms with Crippen molar-refractivity contribution in [1.82, 2.24) is 14.5 Å². The zero-order valence-corrected chi connectivity index (χ0v) is 14.0. The Labute approximate surface area is 146 Å². The number of rotatable bonds is 2. The fourth-order valence-corrected chi connectivity index (χ4v) is 3.55. The lowest BCUT2D eigenvalue weighted by atomic mass is 10.1. The first-order valence-electron chi connectivity index (χ1n) is 8.41. The Morgan fingerprint density at radius 1 is 0.840 bits per heavy atom. The van der Waals surface area contributed by atoms with Crippen molar-refractivity contribution >= 4 is 27.6 Å². The zero-order valence-electron chi connectivity index (χ0n) is 14.0. The predicted octanol–water partition coefficient (Wildman–Crippen LogP) is 4.36. The number of hydrogen-bond acceptors (Lipinski definition) is 3. The molecule has 5 rings (SSSR count). The molecule has 3 heterocycles. The summed E-state index contributed by atoms with van der Waals surface area (Å²) < 4.78 is 2.24. The fourth-order valence-electron chi connectivity index (χ4n) is 3.55. The highest BCUT2D eigenvalue weighted by Gasteiger charge is 2.16. The molecule has 0 saturated carbocycles. The Hall–Kier alpha value is -3.27. The Bertz CT molecular complexity index is 1090. The minimum atomic E-state index is 0.876. The van der Waals surface area contributed by atoms with Crippen LogP contribution in [0.25, 0.3) is 27.6 Å². The Kier molecular flexibility index (Phi) is 3.04. The van der Waals surface area contributed by atoms with Gasteiger partial charge in [-0.2, -0.15) is 0 Å². The number of para-hydroxylation sites is 1. The van der Waals surface area contributed by atoms with Crippen molar-refractivity contribution < 1.29 is 0 Å². The number of nitrogens with zero attached hydrogens (tertiary/aromatic N) is 4. The van der Waals surface area contributed by atoms with E-state index in [9.17, 15) is 0 Å². The first-order chi connectivity index (χ1) is 12.3. The summed E-state index contributed by atoms with van der Waals surface area (Å²) in [5.41, 5.74) is 4.51. The number of hydrogen-bond donors (Lipinski definition) is 0. The molecule has 0 unspecified atom stereocenters. The van der Waals surface area contributed by atoms with E-state index in [4.69, 9.17) is 0 Å². The second-order valence-electron chi connectivity index (χ2n) is 6.41. The minimum Gasteiger partial charge on any atom is -0.361 e. The van der Waals surface area contributed by atoms with Crippen LogP contribution < -0.4 is 4.90 Å². The molecule has 122 valence electrons. The standard InChI is InChI=1S/C21H18N4/c1-23-12-13-24(15-23)17-9-10-20-19(14-17)18-8-5-11-22-21(18)25(20)16-6-3-2-4-7-16/h2-14H,15H2,1H3. The lowest BCUT2D eigenvalue weighted by Gasteiger charge is -2.18. The van der Waals surface area contributed by atoms with Crippen LogP contribution >= 0.6 is 0 Å². The lowest BCUT2D eigenvalue weighted by molar-refractivity contribution is 0.496. The predicted molar refractivity (Wildman–Crippen MR) is 103 cm³/mol.